The molecule has 1 aromatic carbocycles. The van der Waals surface area contributed by atoms with Crippen LogP contribution in [0.2, 0.25) is 0 Å². The Morgan fingerprint density at radius 2 is 1.77 bits per heavy atom. The van der Waals surface area contributed by atoms with Crippen LogP contribution in [0.5, 0.6) is 5.75 Å². The first-order chi connectivity index (χ1) is 12.2. The minimum atomic E-state index is -0.513. The fraction of sp³-hybridized carbons (Fsp3) is 0.636. The quantitative estimate of drug-likeness (QED) is 0.756. The molecule has 3 nitrogen and oxygen atoms in total. The molecule has 26 heavy (non-hydrogen) atoms. The van der Waals surface area contributed by atoms with E-state index in [0.29, 0.717) is 5.75 Å². The van der Waals surface area contributed by atoms with Crippen LogP contribution >= 0.6 is 0 Å². The molecule has 0 aromatic heterocycles. The third kappa shape index (κ3) is 3.72. The lowest BCUT2D eigenvalue weighted by molar-refractivity contribution is 0.00578. The summed E-state index contributed by atoms with van der Waals surface area (Å²) in [6.07, 6.45) is 10.2. The smallest absolute Gasteiger partial charge is 0.498 e. The van der Waals surface area contributed by atoms with Crippen LogP contribution in [0.1, 0.15) is 84.3 Å². The monoisotopic (exact) mass is 356 g/mol. The molecule has 1 aromatic rings. The van der Waals surface area contributed by atoms with E-state index in [0.717, 1.165) is 48.7 Å². The first-order valence-electron chi connectivity index (χ1n) is 10.2. The summed E-state index contributed by atoms with van der Waals surface area (Å²) in [5, 5.41) is 10.9. The Hall–Kier alpha value is -1.26. The summed E-state index contributed by atoms with van der Waals surface area (Å²) in [6.45, 7) is 10.4. The van der Waals surface area contributed by atoms with Crippen molar-refractivity contribution in [2.24, 2.45) is 0 Å². The number of benzene rings is 1. The summed E-state index contributed by atoms with van der Waals surface area (Å²) in [4.78, 5) is 0. The van der Waals surface area contributed by atoms with Gasteiger partial charge in [-0.05, 0) is 89.0 Å². The fourth-order valence-corrected chi connectivity index (χ4v) is 3.79. The zero-order chi connectivity index (χ0) is 18.9. The van der Waals surface area contributed by atoms with E-state index in [1.54, 1.807) is 0 Å². The molecular formula is C22H33BO3. The summed E-state index contributed by atoms with van der Waals surface area (Å²) < 4.78 is 12.5. The van der Waals surface area contributed by atoms with Crippen LogP contribution in [-0.2, 0) is 15.7 Å². The third-order valence-electron chi connectivity index (χ3n) is 6.19. The van der Waals surface area contributed by atoms with Gasteiger partial charge in [-0.25, -0.2) is 0 Å². The number of unbranched alkanes of at least 4 members (excludes halogenated alkanes) is 1. The van der Waals surface area contributed by atoms with Crippen molar-refractivity contribution >= 4 is 18.2 Å². The van der Waals surface area contributed by atoms with E-state index in [2.05, 4.69) is 46.8 Å². The van der Waals surface area contributed by atoms with Crippen molar-refractivity contribution in [2.45, 2.75) is 90.8 Å². The summed E-state index contributed by atoms with van der Waals surface area (Å²) in [6, 6.07) is 4.17. The molecule has 0 spiro atoms. The maximum atomic E-state index is 10.9. The molecule has 3 rings (SSSR count). The zero-order valence-corrected chi connectivity index (χ0v) is 17.0. The molecule has 2 aliphatic rings. The predicted molar refractivity (Wildman–Crippen MR) is 109 cm³/mol. The SMILES string of the molecule is CCCCc1cc(C2=CCCCC2)cc(O)c1B1OC(C)(C)C(C)(C)O1. The number of aromatic hydroxyl groups is 1. The third-order valence-corrected chi connectivity index (χ3v) is 6.19. The van der Waals surface area contributed by atoms with E-state index in [-0.39, 0.29) is 0 Å². The highest BCUT2D eigenvalue weighted by molar-refractivity contribution is 6.63. The van der Waals surface area contributed by atoms with E-state index in [1.165, 1.54) is 18.4 Å². The van der Waals surface area contributed by atoms with Crippen molar-refractivity contribution in [2.75, 3.05) is 0 Å². The molecule has 1 N–H and O–H groups in total. The van der Waals surface area contributed by atoms with Crippen molar-refractivity contribution in [3.63, 3.8) is 0 Å². The number of hydrogen-bond acceptors (Lipinski definition) is 3. The van der Waals surface area contributed by atoms with Crippen LogP contribution in [-0.4, -0.2) is 23.4 Å². The number of aryl methyl sites for hydroxylation is 1. The molecule has 1 saturated heterocycles. The van der Waals surface area contributed by atoms with E-state index < -0.39 is 18.3 Å². The molecular weight excluding hydrogens is 323 g/mol. The predicted octanol–water partition coefficient (Wildman–Crippen LogP) is 4.99. The summed E-state index contributed by atoms with van der Waals surface area (Å²) in [5.74, 6) is 0.304. The maximum Gasteiger partial charge on any atom is 0.498 e. The van der Waals surface area contributed by atoms with Gasteiger partial charge in [0.15, 0.2) is 0 Å². The number of phenols is 1. The Labute approximate surface area is 158 Å². The number of phenolic OH excluding ortho intramolecular Hbond substituents is 1. The van der Waals surface area contributed by atoms with Crippen LogP contribution in [0.4, 0.5) is 0 Å². The molecule has 1 aliphatic heterocycles. The van der Waals surface area contributed by atoms with Gasteiger partial charge in [0.25, 0.3) is 0 Å². The summed E-state index contributed by atoms with van der Waals surface area (Å²) in [5.41, 5.74) is 3.69. The number of allylic oxidation sites excluding steroid dienone is 2. The van der Waals surface area contributed by atoms with Crippen molar-refractivity contribution in [1.29, 1.82) is 0 Å². The molecule has 0 saturated carbocycles. The van der Waals surface area contributed by atoms with Crippen LogP contribution in [0.25, 0.3) is 5.57 Å². The molecule has 0 bridgehead atoms. The summed E-state index contributed by atoms with van der Waals surface area (Å²) in [7, 11) is -0.513. The average molecular weight is 356 g/mol. The largest absolute Gasteiger partial charge is 0.508 e. The van der Waals surface area contributed by atoms with Gasteiger partial charge in [-0.15, -0.1) is 0 Å². The van der Waals surface area contributed by atoms with Crippen LogP contribution in [0.15, 0.2) is 18.2 Å². The second-order valence-corrected chi connectivity index (χ2v) is 8.74. The lowest BCUT2D eigenvalue weighted by Gasteiger charge is -2.32. The second kappa shape index (κ2) is 7.40. The normalized spacial score (nSPS) is 21.7. The van der Waals surface area contributed by atoms with Gasteiger partial charge in [-0.1, -0.05) is 25.5 Å². The van der Waals surface area contributed by atoms with Gasteiger partial charge < -0.3 is 14.4 Å². The molecule has 1 fully saturated rings. The van der Waals surface area contributed by atoms with Crippen molar-refractivity contribution in [3.8, 4) is 5.75 Å². The van der Waals surface area contributed by atoms with Gasteiger partial charge >= 0.3 is 7.12 Å². The molecule has 0 radical (unpaired) electrons. The van der Waals surface area contributed by atoms with Crippen LogP contribution < -0.4 is 5.46 Å². The average Bonchev–Trinajstić information content (AvgIpc) is 2.80. The molecule has 0 amide bonds. The Kier molecular flexibility index (Phi) is 5.55. The molecule has 1 aliphatic carbocycles. The van der Waals surface area contributed by atoms with E-state index in [9.17, 15) is 5.11 Å². The highest BCUT2D eigenvalue weighted by atomic mass is 16.7. The Morgan fingerprint density at radius 3 is 2.35 bits per heavy atom. The van der Waals surface area contributed by atoms with Gasteiger partial charge in [0.1, 0.15) is 5.75 Å². The van der Waals surface area contributed by atoms with E-state index in [4.69, 9.17) is 9.31 Å². The van der Waals surface area contributed by atoms with Crippen molar-refractivity contribution in [3.05, 3.63) is 29.3 Å². The number of rotatable bonds is 5. The van der Waals surface area contributed by atoms with Gasteiger partial charge in [0.2, 0.25) is 0 Å². The molecule has 0 unspecified atom stereocenters. The van der Waals surface area contributed by atoms with Crippen molar-refractivity contribution in [1.82, 2.24) is 0 Å². The number of hydrogen-bond donors (Lipinski definition) is 1. The Bertz CT molecular complexity index is 675. The molecule has 0 atom stereocenters. The highest BCUT2D eigenvalue weighted by Crippen LogP contribution is 2.38. The summed E-state index contributed by atoms with van der Waals surface area (Å²) >= 11 is 0. The van der Waals surface area contributed by atoms with Crippen molar-refractivity contribution < 1.29 is 14.4 Å². The van der Waals surface area contributed by atoms with Crippen LogP contribution in [0.3, 0.4) is 0 Å². The van der Waals surface area contributed by atoms with Gasteiger partial charge in [-0.3, -0.25) is 0 Å². The van der Waals surface area contributed by atoms with Crippen LogP contribution in [0, 0.1) is 0 Å². The Balaban J connectivity index is 2.00. The first-order valence-corrected chi connectivity index (χ1v) is 10.2. The lowest BCUT2D eigenvalue weighted by Crippen LogP contribution is -2.41. The highest BCUT2D eigenvalue weighted by Gasteiger charge is 2.53. The Morgan fingerprint density at radius 1 is 1.08 bits per heavy atom. The standard InChI is InChI=1S/C22H33BO3/c1-6-7-11-17-14-18(16-12-9-8-10-13-16)15-19(24)20(17)23-25-21(2,3)22(4,5)26-23/h12,14-15,24H,6-11,13H2,1-5H3. The van der Waals surface area contributed by atoms with Gasteiger partial charge in [0.05, 0.1) is 11.2 Å². The lowest BCUT2D eigenvalue weighted by atomic mass is 9.73. The molecule has 1 heterocycles. The molecule has 4 heteroatoms. The second-order valence-electron chi connectivity index (χ2n) is 8.74. The van der Waals surface area contributed by atoms with Gasteiger partial charge in [0, 0.05) is 5.46 Å². The van der Waals surface area contributed by atoms with E-state index >= 15 is 0 Å². The van der Waals surface area contributed by atoms with Gasteiger partial charge in [-0.2, -0.15) is 0 Å². The van der Waals surface area contributed by atoms with E-state index in [1.807, 2.05) is 6.07 Å². The minimum Gasteiger partial charge on any atom is -0.508 e. The minimum absolute atomic E-state index is 0.304. The maximum absolute atomic E-state index is 10.9. The zero-order valence-electron chi connectivity index (χ0n) is 17.0. The fourth-order valence-electron chi connectivity index (χ4n) is 3.79. The topological polar surface area (TPSA) is 38.7 Å². The molecule has 142 valence electrons. The first kappa shape index (κ1) is 19.5.